The van der Waals surface area contributed by atoms with Gasteiger partial charge < -0.3 is 0 Å². The first-order valence-electron chi connectivity index (χ1n) is 9.45. The first kappa shape index (κ1) is 18.4. The maximum atomic E-state index is 4.45. The minimum Gasteiger partial charge on any atom is -0.151 e. The largest absolute Gasteiger partial charge is 0.151 e. The van der Waals surface area contributed by atoms with Crippen LogP contribution in [0.15, 0.2) is 64.8 Å². The lowest BCUT2D eigenvalue weighted by molar-refractivity contribution is 0.575. The van der Waals surface area contributed by atoms with Crippen molar-refractivity contribution in [3.63, 3.8) is 0 Å². The van der Waals surface area contributed by atoms with Crippen molar-refractivity contribution >= 4 is 11.4 Å². The van der Waals surface area contributed by atoms with Gasteiger partial charge in [-0.3, -0.25) is 0 Å². The SMILES string of the molecule is CCCCCCCCCCc1ccccc1N=Nc1ccccc1. The van der Waals surface area contributed by atoms with E-state index in [4.69, 9.17) is 0 Å². The number of nitrogens with zero attached hydrogens (tertiary/aromatic N) is 2. The van der Waals surface area contributed by atoms with Gasteiger partial charge in [0, 0.05) is 0 Å². The van der Waals surface area contributed by atoms with E-state index in [2.05, 4.69) is 35.4 Å². The lowest BCUT2D eigenvalue weighted by Gasteiger charge is -2.05. The van der Waals surface area contributed by atoms with Crippen LogP contribution in [0.25, 0.3) is 0 Å². The average Bonchev–Trinajstić information content (AvgIpc) is 2.64. The molecule has 0 aliphatic heterocycles. The fraction of sp³-hybridized carbons (Fsp3) is 0.455. The minimum absolute atomic E-state index is 0.902. The van der Waals surface area contributed by atoms with Crippen molar-refractivity contribution in [3.05, 3.63) is 60.2 Å². The number of azo groups is 1. The number of aryl methyl sites for hydroxylation is 1. The van der Waals surface area contributed by atoms with Crippen LogP contribution in [0.1, 0.15) is 63.9 Å². The van der Waals surface area contributed by atoms with Crippen LogP contribution in [0, 0.1) is 0 Å². The third-order valence-corrected chi connectivity index (χ3v) is 4.32. The summed E-state index contributed by atoms with van der Waals surface area (Å²) in [5.41, 5.74) is 3.21. The summed E-state index contributed by atoms with van der Waals surface area (Å²) in [7, 11) is 0. The molecule has 2 aromatic rings. The molecule has 0 unspecified atom stereocenters. The second-order valence-electron chi connectivity index (χ2n) is 6.39. The third kappa shape index (κ3) is 7.08. The Morgan fingerprint density at radius 3 is 2.00 bits per heavy atom. The molecule has 2 nitrogen and oxygen atoms in total. The zero-order chi connectivity index (χ0) is 16.9. The molecule has 0 aliphatic carbocycles. The van der Waals surface area contributed by atoms with Crippen LogP contribution in [-0.4, -0.2) is 0 Å². The Kier molecular flexibility index (Phi) is 8.85. The Morgan fingerprint density at radius 1 is 0.625 bits per heavy atom. The molecule has 0 aromatic heterocycles. The van der Waals surface area contributed by atoms with Crippen LogP contribution in [-0.2, 0) is 6.42 Å². The molecular weight excluding hydrogens is 292 g/mol. The van der Waals surface area contributed by atoms with Crippen molar-refractivity contribution in [1.29, 1.82) is 0 Å². The van der Waals surface area contributed by atoms with Gasteiger partial charge >= 0.3 is 0 Å². The molecule has 128 valence electrons. The maximum absolute atomic E-state index is 4.45. The Hall–Kier alpha value is -1.96. The van der Waals surface area contributed by atoms with E-state index in [0.29, 0.717) is 0 Å². The van der Waals surface area contributed by atoms with Gasteiger partial charge in [0.25, 0.3) is 0 Å². The second kappa shape index (κ2) is 11.6. The topological polar surface area (TPSA) is 24.7 Å². The maximum Gasteiger partial charge on any atom is 0.0889 e. The summed E-state index contributed by atoms with van der Waals surface area (Å²) in [5, 5.41) is 8.80. The zero-order valence-electron chi connectivity index (χ0n) is 15.0. The molecule has 0 spiro atoms. The van der Waals surface area contributed by atoms with Crippen molar-refractivity contribution in [2.24, 2.45) is 10.2 Å². The number of unbranched alkanes of at least 4 members (excludes halogenated alkanes) is 7. The van der Waals surface area contributed by atoms with Gasteiger partial charge in [-0.2, -0.15) is 10.2 Å². The molecule has 2 heteroatoms. The highest BCUT2D eigenvalue weighted by Crippen LogP contribution is 2.24. The third-order valence-electron chi connectivity index (χ3n) is 4.32. The van der Waals surface area contributed by atoms with Gasteiger partial charge in [-0.05, 0) is 36.6 Å². The van der Waals surface area contributed by atoms with E-state index in [1.54, 1.807) is 0 Å². The molecule has 0 N–H and O–H groups in total. The molecule has 0 amide bonds. The van der Waals surface area contributed by atoms with Gasteiger partial charge in [-0.15, -0.1) is 0 Å². The molecule has 0 aliphatic rings. The van der Waals surface area contributed by atoms with Crippen LogP contribution in [0.2, 0.25) is 0 Å². The quantitative estimate of drug-likeness (QED) is 0.298. The smallest absolute Gasteiger partial charge is 0.0889 e. The Bertz CT molecular complexity index is 590. The molecule has 0 saturated carbocycles. The summed E-state index contributed by atoms with van der Waals surface area (Å²) in [6.45, 7) is 2.27. The Morgan fingerprint density at radius 2 is 1.25 bits per heavy atom. The predicted molar refractivity (Wildman–Crippen MR) is 103 cm³/mol. The Balaban J connectivity index is 1.76. The number of benzene rings is 2. The van der Waals surface area contributed by atoms with Gasteiger partial charge in [0.15, 0.2) is 0 Å². The van der Waals surface area contributed by atoms with Crippen molar-refractivity contribution in [1.82, 2.24) is 0 Å². The summed E-state index contributed by atoms with van der Waals surface area (Å²) in [4.78, 5) is 0. The molecule has 0 bridgehead atoms. The molecule has 0 radical (unpaired) electrons. The van der Waals surface area contributed by atoms with Crippen molar-refractivity contribution in [2.45, 2.75) is 64.7 Å². The van der Waals surface area contributed by atoms with Crippen LogP contribution < -0.4 is 0 Å². The van der Waals surface area contributed by atoms with E-state index in [1.165, 1.54) is 56.9 Å². The van der Waals surface area contributed by atoms with Gasteiger partial charge in [0.05, 0.1) is 11.4 Å². The molecule has 0 atom stereocenters. The van der Waals surface area contributed by atoms with E-state index in [9.17, 15) is 0 Å². The van der Waals surface area contributed by atoms with Gasteiger partial charge in [-0.25, -0.2) is 0 Å². The summed E-state index contributed by atoms with van der Waals surface area (Å²) >= 11 is 0. The normalized spacial score (nSPS) is 11.2. The molecular formula is C22H30N2. The van der Waals surface area contributed by atoms with E-state index >= 15 is 0 Å². The van der Waals surface area contributed by atoms with Crippen molar-refractivity contribution in [2.75, 3.05) is 0 Å². The first-order valence-corrected chi connectivity index (χ1v) is 9.45. The molecule has 2 aromatic carbocycles. The fourth-order valence-electron chi connectivity index (χ4n) is 2.88. The highest BCUT2D eigenvalue weighted by Gasteiger charge is 2.01. The molecule has 24 heavy (non-hydrogen) atoms. The van der Waals surface area contributed by atoms with E-state index in [0.717, 1.165) is 17.8 Å². The van der Waals surface area contributed by atoms with Crippen LogP contribution in [0.3, 0.4) is 0 Å². The van der Waals surface area contributed by atoms with Gasteiger partial charge in [0.2, 0.25) is 0 Å². The summed E-state index contributed by atoms with van der Waals surface area (Å²) in [6, 6.07) is 18.3. The second-order valence-corrected chi connectivity index (χ2v) is 6.39. The van der Waals surface area contributed by atoms with Gasteiger partial charge in [0.1, 0.15) is 0 Å². The number of hydrogen-bond acceptors (Lipinski definition) is 2. The Labute approximate surface area is 147 Å². The van der Waals surface area contributed by atoms with Crippen LogP contribution in [0.4, 0.5) is 11.4 Å². The number of rotatable bonds is 11. The monoisotopic (exact) mass is 322 g/mol. The highest BCUT2D eigenvalue weighted by molar-refractivity contribution is 5.46. The predicted octanol–water partition coefficient (Wildman–Crippen LogP) is 7.79. The minimum atomic E-state index is 0.902. The van der Waals surface area contributed by atoms with Crippen LogP contribution in [0.5, 0.6) is 0 Å². The summed E-state index contributed by atoms with van der Waals surface area (Å²) in [5.74, 6) is 0. The van der Waals surface area contributed by atoms with E-state index in [1.807, 2.05) is 36.4 Å². The van der Waals surface area contributed by atoms with Crippen molar-refractivity contribution < 1.29 is 0 Å². The summed E-state index contributed by atoms with van der Waals surface area (Å²) in [6.07, 6.45) is 11.9. The lowest BCUT2D eigenvalue weighted by Crippen LogP contribution is -1.87. The first-order chi connectivity index (χ1) is 11.9. The number of hydrogen-bond donors (Lipinski definition) is 0. The van der Waals surface area contributed by atoms with E-state index < -0.39 is 0 Å². The molecule has 0 heterocycles. The van der Waals surface area contributed by atoms with E-state index in [-0.39, 0.29) is 0 Å². The zero-order valence-corrected chi connectivity index (χ0v) is 15.0. The fourth-order valence-corrected chi connectivity index (χ4v) is 2.88. The lowest BCUT2D eigenvalue weighted by atomic mass is 10.0. The molecule has 2 rings (SSSR count). The molecule has 0 fully saturated rings. The van der Waals surface area contributed by atoms with Crippen LogP contribution >= 0.6 is 0 Å². The standard InChI is InChI=1S/C22H30N2/c1-2-3-4-5-6-7-8-10-15-20-16-13-14-19-22(20)24-23-21-17-11-9-12-18-21/h9,11-14,16-19H,2-8,10,15H2,1H3. The summed E-state index contributed by atoms with van der Waals surface area (Å²) < 4.78 is 0. The van der Waals surface area contributed by atoms with Gasteiger partial charge in [-0.1, -0.05) is 88.3 Å². The highest BCUT2D eigenvalue weighted by atomic mass is 15.1. The average molecular weight is 322 g/mol. The molecule has 0 saturated heterocycles. The van der Waals surface area contributed by atoms with Crippen molar-refractivity contribution in [3.8, 4) is 0 Å².